The second-order valence-corrected chi connectivity index (χ2v) is 7.83. The molecule has 1 fully saturated rings. The number of hydrogen-bond acceptors (Lipinski definition) is 4. The monoisotopic (exact) mass is 378 g/mol. The van der Waals surface area contributed by atoms with Crippen LogP contribution in [0.25, 0.3) is 0 Å². The van der Waals surface area contributed by atoms with Gasteiger partial charge in [0.05, 0.1) is 0 Å². The number of nitrogens with two attached hydrogens (primary N) is 1. The Kier molecular flexibility index (Phi) is 8.25. The number of thioether (sulfide) groups is 1. The van der Waals surface area contributed by atoms with E-state index in [4.69, 9.17) is 5.73 Å². The molecule has 3 amide bonds. The molecule has 2 atom stereocenters. The number of benzene rings is 1. The lowest BCUT2D eigenvalue weighted by molar-refractivity contribution is -0.117. The van der Waals surface area contributed by atoms with E-state index in [-0.39, 0.29) is 5.91 Å². The Morgan fingerprint density at radius 2 is 2.04 bits per heavy atom. The highest BCUT2D eigenvalue weighted by atomic mass is 32.2. The highest BCUT2D eigenvalue weighted by Gasteiger charge is 2.20. The van der Waals surface area contributed by atoms with Gasteiger partial charge in [-0.2, -0.15) is 11.8 Å². The smallest absolute Gasteiger partial charge is 0.312 e. The Morgan fingerprint density at radius 1 is 1.31 bits per heavy atom. The van der Waals surface area contributed by atoms with Crippen LogP contribution in [-0.2, 0) is 11.3 Å². The number of anilines is 1. The fraction of sp³-hybridized carbons (Fsp3) is 0.579. The molecule has 0 saturated carbocycles. The van der Waals surface area contributed by atoms with Crippen LogP contribution in [0.4, 0.5) is 10.5 Å². The molecule has 1 aliphatic heterocycles. The Hall–Kier alpha value is -1.73. The number of likely N-dealkylation sites (tertiary alicyclic amines) is 1. The van der Waals surface area contributed by atoms with E-state index in [1.807, 2.05) is 18.4 Å². The summed E-state index contributed by atoms with van der Waals surface area (Å²) in [7, 11) is 0. The fourth-order valence-corrected chi connectivity index (χ4v) is 3.70. The molecule has 1 aliphatic rings. The van der Waals surface area contributed by atoms with Gasteiger partial charge in [-0.1, -0.05) is 18.6 Å². The number of primary amides is 1. The van der Waals surface area contributed by atoms with Crippen LogP contribution >= 0.6 is 11.8 Å². The number of urea groups is 1. The van der Waals surface area contributed by atoms with Gasteiger partial charge in [-0.3, -0.25) is 9.69 Å². The minimum atomic E-state index is -0.683. The summed E-state index contributed by atoms with van der Waals surface area (Å²) >= 11 is 1.62. The first-order valence-electron chi connectivity index (χ1n) is 9.18. The number of amides is 3. The molecule has 1 heterocycles. The highest BCUT2D eigenvalue weighted by Crippen LogP contribution is 2.20. The zero-order valence-electron chi connectivity index (χ0n) is 15.7. The van der Waals surface area contributed by atoms with Crippen LogP contribution < -0.4 is 16.4 Å². The van der Waals surface area contributed by atoms with Crippen molar-refractivity contribution in [3.63, 3.8) is 0 Å². The van der Waals surface area contributed by atoms with Gasteiger partial charge in [-0.25, -0.2) is 4.79 Å². The van der Waals surface area contributed by atoms with Crippen LogP contribution in [0.5, 0.6) is 0 Å². The van der Waals surface area contributed by atoms with Crippen molar-refractivity contribution in [3.8, 4) is 0 Å². The first kappa shape index (κ1) is 20.6. The second kappa shape index (κ2) is 10.4. The predicted octanol–water partition coefficient (Wildman–Crippen LogP) is 2.79. The molecule has 26 heavy (non-hydrogen) atoms. The number of hydrogen-bond donors (Lipinski definition) is 3. The van der Waals surface area contributed by atoms with Crippen molar-refractivity contribution in [1.29, 1.82) is 0 Å². The third kappa shape index (κ3) is 6.53. The summed E-state index contributed by atoms with van der Waals surface area (Å²) in [6.45, 7) is 4.37. The van der Waals surface area contributed by atoms with E-state index >= 15 is 0 Å². The van der Waals surface area contributed by atoms with E-state index in [1.54, 1.807) is 11.8 Å². The minimum Gasteiger partial charge on any atom is -0.352 e. The Bertz CT molecular complexity index is 594. The molecular formula is C19H30N4O2S. The number of nitrogens with zero attached hydrogens (tertiary/aromatic N) is 1. The van der Waals surface area contributed by atoms with Gasteiger partial charge < -0.3 is 16.4 Å². The van der Waals surface area contributed by atoms with Crippen molar-refractivity contribution < 1.29 is 9.59 Å². The van der Waals surface area contributed by atoms with Crippen LogP contribution in [0.2, 0.25) is 0 Å². The van der Waals surface area contributed by atoms with Crippen molar-refractivity contribution in [1.82, 2.24) is 10.2 Å². The van der Waals surface area contributed by atoms with Gasteiger partial charge >= 0.3 is 6.03 Å². The number of carbonyl (C=O) groups is 2. The van der Waals surface area contributed by atoms with Crippen LogP contribution in [0, 0.1) is 0 Å². The summed E-state index contributed by atoms with van der Waals surface area (Å²) in [5, 5.41) is 5.38. The van der Waals surface area contributed by atoms with E-state index < -0.39 is 12.1 Å². The maximum atomic E-state index is 12.4. The Balaban J connectivity index is 1.92. The van der Waals surface area contributed by atoms with Crippen molar-refractivity contribution in [2.45, 2.75) is 51.2 Å². The third-order valence-electron chi connectivity index (χ3n) is 4.79. The van der Waals surface area contributed by atoms with Gasteiger partial charge in [-0.15, -0.1) is 0 Å². The SMILES string of the molecule is CSCC[C@@H](NC(N)=O)C(=O)Nc1ccc(CN2CCCC[C@@H]2C)cc1. The molecular weight excluding hydrogens is 348 g/mol. The van der Waals surface area contributed by atoms with Crippen LogP contribution in [0.1, 0.15) is 38.2 Å². The summed E-state index contributed by atoms with van der Waals surface area (Å²) in [6, 6.07) is 7.26. The number of carbonyl (C=O) groups excluding carboxylic acids is 2. The van der Waals surface area contributed by atoms with Gasteiger partial charge in [0, 0.05) is 18.3 Å². The first-order valence-corrected chi connectivity index (χ1v) is 10.6. The summed E-state index contributed by atoms with van der Waals surface area (Å²) in [5.74, 6) is 0.529. The van der Waals surface area contributed by atoms with Crippen molar-refractivity contribution in [3.05, 3.63) is 29.8 Å². The molecule has 4 N–H and O–H groups in total. The normalized spacial score (nSPS) is 18.9. The third-order valence-corrected chi connectivity index (χ3v) is 5.44. The van der Waals surface area contributed by atoms with Gasteiger partial charge in [0.25, 0.3) is 0 Å². The maximum absolute atomic E-state index is 12.4. The molecule has 0 aliphatic carbocycles. The topological polar surface area (TPSA) is 87.5 Å². The Labute approximate surface area is 160 Å². The second-order valence-electron chi connectivity index (χ2n) is 6.84. The van der Waals surface area contributed by atoms with Crippen molar-refractivity contribution >= 4 is 29.4 Å². The fourth-order valence-electron chi connectivity index (χ4n) is 3.23. The summed E-state index contributed by atoms with van der Waals surface area (Å²) in [6.07, 6.45) is 6.35. The van der Waals surface area contributed by atoms with Gasteiger partial charge in [-0.05, 0) is 62.4 Å². The zero-order valence-corrected chi connectivity index (χ0v) is 16.5. The molecule has 6 nitrogen and oxygen atoms in total. The van der Waals surface area contributed by atoms with Crippen molar-refractivity contribution in [2.75, 3.05) is 23.9 Å². The van der Waals surface area contributed by atoms with Gasteiger partial charge in [0.2, 0.25) is 5.91 Å². The van der Waals surface area contributed by atoms with E-state index in [2.05, 4.69) is 34.6 Å². The molecule has 7 heteroatoms. The van der Waals surface area contributed by atoms with Gasteiger partial charge in [0.1, 0.15) is 6.04 Å². The van der Waals surface area contributed by atoms with E-state index in [0.717, 1.165) is 24.5 Å². The minimum absolute atomic E-state index is 0.241. The molecule has 1 saturated heterocycles. The lowest BCUT2D eigenvalue weighted by atomic mass is 10.0. The Morgan fingerprint density at radius 3 is 2.65 bits per heavy atom. The molecule has 0 radical (unpaired) electrons. The van der Waals surface area contributed by atoms with Crippen LogP contribution in [0.3, 0.4) is 0 Å². The van der Waals surface area contributed by atoms with Crippen molar-refractivity contribution in [2.24, 2.45) is 5.73 Å². The first-order chi connectivity index (χ1) is 12.5. The van der Waals surface area contributed by atoms with Gasteiger partial charge in [0.15, 0.2) is 0 Å². The molecule has 2 rings (SSSR count). The number of piperidine rings is 1. The average Bonchev–Trinajstić information content (AvgIpc) is 2.62. The lowest BCUT2D eigenvalue weighted by Crippen LogP contribution is -2.46. The molecule has 1 aromatic rings. The summed E-state index contributed by atoms with van der Waals surface area (Å²) < 4.78 is 0. The lowest BCUT2D eigenvalue weighted by Gasteiger charge is -2.33. The van der Waals surface area contributed by atoms with E-state index in [9.17, 15) is 9.59 Å². The quantitative estimate of drug-likeness (QED) is 0.649. The molecule has 0 aromatic heterocycles. The van der Waals surface area contributed by atoms with E-state index in [1.165, 1.54) is 24.8 Å². The van der Waals surface area contributed by atoms with E-state index in [0.29, 0.717) is 12.5 Å². The predicted molar refractivity (Wildman–Crippen MR) is 108 cm³/mol. The maximum Gasteiger partial charge on any atom is 0.312 e. The molecule has 144 valence electrons. The average molecular weight is 379 g/mol. The summed E-state index contributed by atoms with van der Waals surface area (Å²) in [4.78, 5) is 26.0. The summed E-state index contributed by atoms with van der Waals surface area (Å²) in [5.41, 5.74) is 7.14. The highest BCUT2D eigenvalue weighted by molar-refractivity contribution is 7.98. The van der Waals surface area contributed by atoms with Crippen LogP contribution in [0.15, 0.2) is 24.3 Å². The molecule has 1 aromatic carbocycles. The van der Waals surface area contributed by atoms with Crippen LogP contribution in [-0.4, -0.2) is 47.5 Å². The standard InChI is InChI=1S/C19H30N4O2S/c1-14-5-3-4-11-23(14)13-15-6-8-16(9-7-15)21-18(24)17(10-12-26-2)22-19(20)25/h6-9,14,17H,3-5,10-13H2,1-2H3,(H,21,24)(H3,20,22,25)/t14-,17+/m0/s1. The molecule has 0 unspecified atom stereocenters. The zero-order chi connectivity index (χ0) is 18.9. The molecule has 0 spiro atoms. The largest absolute Gasteiger partial charge is 0.352 e. The number of nitrogens with one attached hydrogen (secondary N) is 2. The number of rotatable bonds is 8. The molecule has 0 bridgehead atoms.